The summed E-state index contributed by atoms with van der Waals surface area (Å²) in [6.45, 7) is 0. The molecule has 4 heavy (non-hydrogen) atoms. The van der Waals surface area contributed by atoms with E-state index in [0.717, 1.165) is 0 Å². The smallest absolute Gasteiger partial charge is 1.00 e. The van der Waals surface area contributed by atoms with E-state index < -0.39 is 0 Å². The van der Waals surface area contributed by atoms with Crippen molar-refractivity contribution in [1.29, 1.82) is 0 Å². The van der Waals surface area contributed by atoms with Crippen LogP contribution in [0.25, 0.3) is 0 Å². The van der Waals surface area contributed by atoms with Gasteiger partial charge in [-0.3, -0.25) is 0 Å². The Morgan fingerprint density at radius 1 is 1.25 bits per heavy atom. The molecule has 4 heteroatoms. The van der Waals surface area contributed by atoms with Gasteiger partial charge in [-0.05, 0) is 0 Å². The Balaban J connectivity index is 0. The summed E-state index contributed by atoms with van der Waals surface area (Å²) in [6.07, 6.45) is 0. The minimum absolute atomic E-state index is 0. The molecule has 0 fully saturated rings. The summed E-state index contributed by atoms with van der Waals surface area (Å²) in [4.78, 5) is 0. The Hall–Kier alpha value is 2.08. The molecule has 0 rings (SSSR count). The van der Waals surface area contributed by atoms with E-state index in [1.165, 1.54) is 0 Å². The Kier molecular flexibility index (Phi) is 177. The van der Waals surface area contributed by atoms with E-state index in [9.17, 15) is 0 Å². The van der Waals surface area contributed by atoms with Gasteiger partial charge in [-0.2, -0.15) is 9.90 Å². The average molecular weight is 103 g/mol. The summed E-state index contributed by atoms with van der Waals surface area (Å²) in [5, 5.41) is 0. The molecular weight excluding hydrogens is 97.7 g/mol. The van der Waals surface area contributed by atoms with Crippen LogP contribution in [0.3, 0.4) is 0 Å². The molecule has 1 atom stereocenters. The quantitative estimate of drug-likeness (QED) is 0.211. The second kappa shape index (κ2) is 19.5. The van der Waals surface area contributed by atoms with Crippen LogP contribution in [0.4, 0.5) is 0 Å². The van der Waals surface area contributed by atoms with E-state index in [4.69, 9.17) is 0 Å². The average Bonchev–Trinajstić information content (AvgIpc) is 0. The Labute approximate surface area is 66.8 Å². The van der Waals surface area contributed by atoms with Crippen molar-refractivity contribution < 1.29 is 34.1 Å². The van der Waals surface area contributed by atoms with Crippen molar-refractivity contribution in [3.63, 3.8) is 0 Å². The first-order valence-corrected chi connectivity index (χ1v) is 0. The third-order valence-electron chi connectivity index (χ3n) is 0. The molecule has 1 unspecified atom stereocenters. The van der Waals surface area contributed by atoms with E-state index in [-0.39, 0.29) is 67.1 Å². The molecule has 0 radical (unpaired) electrons. The van der Waals surface area contributed by atoms with Gasteiger partial charge in [0.1, 0.15) is 0 Å². The van der Waals surface area contributed by atoms with Gasteiger partial charge in [0.2, 0.25) is 0 Å². The number of hydrogen-bond donors (Lipinski definition) is 0. The van der Waals surface area contributed by atoms with Crippen LogP contribution >= 0.6 is 9.90 Å². The molecule has 0 aliphatic rings. The summed E-state index contributed by atoms with van der Waals surface area (Å²) in [5.74, 6) is 0. The van der Waals surface area contributed by atoms with Crippen LogP contribution < -0.4 is 31.3 Å². The van der Waals surface area contributed by atoms with Crippen LogP contribution in [0.15, 0.2) is 0 Å². The van der Waals surface area contributed by atoms with Crippen molar-refractivity contribution in [1.82, 2.24) is 0 Å². The molecule has 0 aromatic heterocycles. The second-order valence-corrected chi connectivity index (χ2v) is 0. The van der Waals surface area contributed by atoms with Gasteiger partial charge in [0, 0.05) is 0 Å². The summed E-state index contributed by atoms with van der Waals surface area (Å²) >= 11 is 0. The molecule has 0 heterocycles. The molecule has 0 aliphatic carbocycles. The van der Waals surface area contributed by atoms with Crippen LogP contribution in [-0.2, 0) is 0 Å². The number of rotatable bonds is 0. The van der Waals surface area contributed by atoms with Crippen molar-refractivity contribution in [2.45, 2.75) is 0 Å². The monoisotopic (exact) mass is 102 g/mol. The first kappa shape index (κ1) is 36.2. The molecule has 0 bridgehead atoms. The number of hydrogen-bond acceptors (Lipinski definition) is 0. The molecule has 0 N–H and O–H groups in total. The molecule has 0 saturated carbocycles. The molecule has 0 aromatic carbocycles. The van der Waals surface area contributed by atoms with Crippen molar-refractivity contribution in [2.24, 2.45) is 0 Å². The van der Waals surface area contributed by atoms with Crippen LogP contribution in [0, 0.1) is 0 Å². The predicted octanol–water partition coefficient (Wildman–Crippen LogP) is -6.09. The minimum Gasteiger partial charge on any atom is -1.00 e. The normalized spacial score (nSPS) is 0. The fraction of sp³-hybridized carbons (Fsp3) is 0. The molecule has 0 aromatic rings. The fourth-order valence-electron chi connectivity index (χ4n) is 0. The topological polar surface area (TPSA) is 0 Å². The summed E-state index contributed by atoms with van der Waals surface area (Å²) in [7, 11) is 0. The maximum atomic E-state index is 0. The summed E-state index contributed by atoms with van der Waals surface area (Å²) < 4.78 is 0. The zero-order valence-corrected chi connectivity index (χ0v) is 6.38. The van der Waals surface area contributed by atoms with Crippen molar-refractivity contribution in [3.05, 3.63) is 0 Å². The van der Waals surface area contributed by atoms with E-state index in [1.807, 2.05) is 0 Å². The van der Waals surface area contributed by atoms with Crippen LogP contribution in [0.1, 0.15) is 2.85 Å². The van der Waals surface area contributed by atoms with Crippen molar-refractivity contribution in [3.8, 4) is 0 Å². The first-order valence-electron chi connectivity index (χ1n) is 0. The van der Waals surface area contributed by atoms with Gasteiger partial charge in [-0.15, -0.1) is 0 Å². The van der Waals surface area contributed by atoms with Crippen molar-refractivity contribution in [2.75, 3.05) is 0 Å². The maximum absolute atomic E-state index is 0. The largest absolute Gasteiger partial charge is 2.00 e. The molecule has 0 nitrogen and oxygen atoms in total. The molecular formula is H5ClLiMgP. The van der Waals surface area contributed by atoms with Gasteiger partial charge in [-0.1, -0.05) is 0 Å². The zero-order valence-electron chi connectivity index (χ0n) is 4.79. The van der Waals surface area contributed by atoms with Crippen LogP contribution in [0.2, 0.25) is 0 Å². The van der Waals surface area contributed by atoms with Gasteiger partial charge in [-0.25, -0.2) is 0 Å². The predicted molar refractivity (Wildman–Crippen MR) is 19.1 cm³/mol. The summed E-state index contributed by atoms with van der Waals surface area (Å²) in [5.41, 5.74) is 0. The SMILES string of the molecule is P.[Cl-].[H-].[H-].[Li+].[Mg+2]. The fourth-order valence-corrected chi connectivity index (χ4v) is 0. The molecule has 0 saturated heterocycles. The minimum atomic E-state index is 0. The van der Waals surface area contributed by atoms with E-state index in [2.05, 4.69) is 0 Å². The van der Waals surface area contributed by atoms with E-state index >= 15 is 0 Å². The molecule has 0 aliphatic heterocycles. The Morgan fingerprint density at radius 2 is 1.25 bits per heavy atom. The second-order valence-electron chi connectivity index (χ2n) is 0. The molecule has 0 spiro atoms. The van der Waals surface area contributed by atoms with Gasteiger partial charge in [0.05, 0.1) is 0 Å². The van der Waals surface area contributed by atoms with Gasteiger partial charge in [0.25, 0.3) is 0 Å². The van der Waals surface area contributed by atoms with Gasteiger partial charge in [0.15, 0.2) is 0 Å². The number of halogens is 1. The van der Waals surface area contributed by atoms with Gasteiger partial charge < -0.3 is 15.3 Å². The zero-order chi connectivity index (χ0) is 0. The maximum Gasteiger partial charge on any atom is 2.00 e. The van der Waals surface area contributed by atoms with Crippen LogP contribution in [-0.4, -0.2) is 23.1 Å². The van der Waals surface area contributed by atoms with Gasteiger partial charge >= 0.3 is 41.9 Å². The van der Waals surface area contributed by atoms with Crippen molar-refractivity contribution >= 4 is 33.0 Å². The Bertz CT molecular complexity index is 13.5. The summed E-state index contributed by atoms with van der Waals surface area (Å²) in [6, 6.07) is 0. The van der Waals surface area contributed by atoms with E-state index in [0.29, 0.717) is 0 Å². The standard InChI is InChI=1S/ClH.Li.Mg.H3P.2H/h1H;;;1H3;;/q;+1;+2;;2*-1/p-1. The molecule has 0 amide bonds. The van der Waals surface area contributed by atoms with E-state index in [1.54, 1.807) is 0 Å². The van der Waals surface area contributed by atoms with Crippen LogP contribution in [0.5, 0.6) is 0 Å². The molecule has 20 valence electrons. The third kappa shape index (κ3) is 8.94. The first-order chi connectivity index (χ1) is 0. The third-order valence-corrected chi connectivity index (χ3v) is 0. The Morgan fingerprint density at radius 3 is 1.25 bits per heavy atom.